The number of phenols is 2. The van der Waals surface area contributed by atoms with Gasteiger partial charge in [0, 0.05) is 60.6 Å². The second-order valence-electron chi connectivity index (χ2n) is 11.8. The summed E-state index contributed by atoms with van der Waals surface area (Å²) in [6.07, 6.45) is 2.02. The van der Waals surface area contributed by atoms with E-state index in [9.17, 15) is 10.2 Å². The Morgan fingerprint density at radius 2 is 1.12 bits per heavy atom. The molecular formula is C35H31N5O2Pt. The number of phenolic OH excluding ortho intramolecular Hbond substituents is 2. The van der Waals surface area contributed by atoms with E-state index in [1.54, 1.807) is 0 Å². The van der Waals surface area contributed by atoms with Gasteiger partial charge >= 0.3 is 0 Å². The molecule has 6 aromatic rings. The quantitative estimate of drug-likeness (QED) is 0.196. The van der Waals surface area contributed by atoms with Crippen LogP contribution >= 0.6 is 0 Å². The van der Waals surface area contributed by atoms with Gasteiger partial charge in [-0.2, -0.15) is 0 Å². The molecule has 7 rings (SSSR count). The zero-order valence-corrected chi connectivity index (χ0v) is 26.5. The van der Waals surface area contributed by atoms with E-state index in [0.29, 0.717) is 39.7 Å². The van der Waals surface area contributed by atoms with Crippen LogP contribution in [0.2, 0.25) is 0 Å². The van der Waals surface area contributed by atoms with Crippen molar-refractivity contribution in [1.29, 1.82) is 0 Å². The van der Waals surface area contributed by atoms with E-state index in [-0.39, 0.29) is 32.6 Å². The molecule has 2 N–H and O–H groups in total. The largest absolute Gasteiger partial charge is 0.507 e. The molecule has 7 nitrogen and oxygen atoms in total. The van der Waals surface area contributed by atoms with Gasteiger partial charge in [0.15, 0.2) is 17.5 Å². The van der Waals surface area contributed by atoms with Crippen molar-refractivity contribution in [2.24, 2.45) is 0 Å². The van der Waals surface area contributed by atoms with Crippen LogP contribution < -0.4 is 0 Å². The summed E-state index contributed by atoms with van der Waals surface area (Å²) in [6.45, 7) is 8.10. The average Bonchev–Trinajstić information content (AvgIpc) is 3.64. The molecule has 3 heterocycles. The molecule has 0 amide bonds. The summed E-state index contributed by atoms with van der Waals surface area (Å²) in [6, 6.07) is 31.2. The van der Waals surface area contributed by atoms with E-state index in [1.807, 2.05) is 140 Å². The maximum Gasteiger partial charge on any atom is 0.199 e. The van der Waals surface area contributed by atoms with Gasteiger partial charge in [-0.25, -0.2) is 14.6 Å². The molecule has 43 heavy (non-hydrogen) atoms. The van der Waals surface area contributed by atoms with Gasteiger partial charge in [-0.3, -0.25) is 4.57 Å². The topological polar surface area (TPSA) is 89.0 Å². The molecule has 0 atom stereocenters. The Hall–Kier alpha value is -4.48. The van der Waals surface area contributed by atoms with Crippen LogP contribution in [0.15, 0.2) is 103 Å². The van der Waals surface area contributed by atoms with Crippen LogP contribution in [0.4, 0.5) is 0 Å². The fourth-order valence-corrected chi connectivity index (χ4v) is 5.88. The smallest absolute Gasteiger partial charge is 0.199 e. The van der Waals surface area contributed by atoms with Gasteiger partial charge < -0.3 is 10.2 Å². The molecule has 0 unspecified atom stereocenters. The van der Waals surface area contributed by atoms with Crippen LogP contribution in [0.5, 0.6) is 11.5 Å². The van der Waals surface area contributed by atoms with Crippen molar-refractivity contribution in [3.8, 4) is 45.6 Å². The monoisotopic (exact) mass is 748 g/mol. The van der Waals surface area contributed by atoms with Crippen molar-refractivity contribution in [1.82, 2.24) is 24.3 Å². The first-order valence-electron chi connectivity index (χ1n) is 14.0. The van der Waals surface area contributed by atoms with Crippen molar-refractivity contribution < 1.29 is 31.3 Å². The molecule has 8 bridgehead atoms. The molecule has 0 radical (unpaired) electrons. The van der Waals surface area contributed by atoms with Gasteiger partial charge in [0.2, 0.25) is 0 Å². The van der Waals surface area contributed by atoms with Crippen LogP contribution in [0.3, 0.4) is 0 Å². The van der Waals surface area contributed by atoms with Gasteiger partial charge in [-0.05, 0) is 52.0 Å². The van der Waals surface area contributed by atoms with E-state index in [0.717, 1.165) is 17.1 Å². The SMILES string of the molecule is CC1(C)c2cn(-c3ccccc3)c(n2)-c2nc(nn2-c2ccccc2)C(C)(C)c2cccc(c2O)-c2cccc1c2O.[Pt]. The normalized spacial score (nSPS) is 14.4. The zero-order chi connectivity index (χ0) is 29.2. The van der Waals surface area contributed by atoms with Crippen LogP contribution in [0.25, 0.3) is 34.2 Å². The van der Waals surface area contributed by atoms with Gasteiger partial charge in [0.05, 0.1) is 16.8 Å². The molecule has 8 heteroatoms. The van der Waals surface area contributed by atoms with Gasteiger partial charge in [-0.15, -0.1) is 5.10 Å². The standard InChI is InChI=1S/C35H31N5O2.Pt/c1-34(2)26-19-11-17-24(29(26)41)25-18-12-20-27(30(25)42)35(3,4)33-37-32(40(38-33)23-15-9-6-10-16-23)31-36-28(34)21-39(31)22-13-7-5-8-14-22;/h5-21,41-42H,1-4H3;. The Morgan fingerprint density at radius 1 is 0.581 bits per heavy atom. The number of nitrogens with zero attached hydrogens (tertiary/aromatic N) is 5. The molecular weight excluding hydrogens is 717 g/mol. The number of rotatable bonds is 2. The third kappa shape index (κ3) is 4.42. The summed E-state index contributed by atoms with van der Waals surface area (Å²) in [5.41, 5.74) is 3.50. The summed E-state index contributed by atoms with van der Waals surface area (Å²) in [5.74, 6) is 1.93. The molecule has 0 aliphatic carbocycles. The first-order chi connectivity index (χ1) is 20.2. The summed E-state index contributed by atoms with van der Waals surface area (Å²) >= 11 is 0. The molecule has 2 aromatic heterocycles. The Balaban J connectivity index is 0.00000329. The Kier molecular flexibility index (Phi) is 6.89. The molecule has 0 spiro atoms. The number of aromatic nitrogens is 5. The fraction of sp³-hybridized carbons (Fsp3) is 0.171. The molecule has 1 aliphatic rings. The van der Waals surface area contributed by atoms with E-state index < -0.39 is 10.8 Å². The third-order valence-corrected chi connectivity index (χ3v) is 8.46. The molecule has 0 fully saturated rings. The van der Waals surface area contributed by atoms with Crippen molar-refractivity contribution in [2.45, 2.75) is 38.5 Å². The minimum Gasteiger partial charge on any atom is -0.507 e. The van der Waals surface area contributed by atoms with Crippen LogP contribution in [0.1, 0.15) is 50.3 Å². The minimum atomic E-state index is -0.793. The predicted molar refractivity (Wildman–Crippen MR) is 163 cm³/mol. The maximum atomic E-state index is 11.7. The first-order valence-corrected chi connectivity index (χ1v) is 14.0. The fourth-order valence-electron chi connectivity index (χ4n) is 5.88. The van der Waals surface area contributed by atoms with Crippen molar-refractivity contribution in [3.05, 3.63) is 126 Å². The van der Waals surface area contributed by atoms with E-state index >= 15 is 0 Å². The number of para-hydroxylation sites is 4. The average molecular weight is 749 g/mol. The number of benzene rings is 4. The van der Waals surface area contributed by atoms with Crippen molar-refractivity contribution >= 4 is 0 Å². The van der Waals surface area contributed by atoms with Crippen LogP contribution in [-0.4, -0.2) is 34.5 Å². The number of fused-ring (bicyclic) bond motifs is 10. The van der Waals surface area contributed by atoms with Crippen molar-refractivity contribution in [3.63, 3.8) is 0 Å². The third-order valence-electron chi connectivity index (χ3n) is 8.46. The second kappa shape index (κ2) is 10.4. The molecule has 0 saturated heterocycles. The van der Waals surface area contributed by atoms with Gasteiger partial charge in [0.25, 0.3) is 0 Å². The number of imidazole rings is 1. The van der Waals surface area contributed by atoms with E-state index in [4.69, 9.17) is 15.1 Å². The van der Waals surface area contributed by atoms with Crippen LogP contribution in [0, 0.1) is 0 Å². The molecule has 218 valence electrons. The predicted octanol–water partition coefficient (Wildman–Crippen LogP) is 7.16. The van der Waals surface area contributed by atoms with Gasteiger partial charge in [-0.1, -0.05) is 72.8 Å². The second-order valence-corrected chi connectivity index (χ2v) is 11.8. The number of aromatic hydroxyl groups is 2. The zero-order valence-electron chi connectivity index (χ0n) is 24.3. The van der Waals surface area contributed by atoms with Gasteiger partial charge in [0.1, 0.15) is 11.5 Å². The molecule has 4 aromatic carbocycles. The Morgan fingerprint density at radius 3 is 1.70 bits per heavy atom. The summed E-state index contributed by atoms with van der Waals surface area (Å²) in [4.78, 5) is 10.4. The maximum absolute atomic E-state index is 11.7. The first kappa shape index (κ1) is 28.6. The van der Waals surface area contributed by atoms with Crippen LogP contribution in [-0.2, 0) is 31.9 Å². The Bertz CT molecular complexity index is 1820. The molecule has 1 aliphatic heterocycles. The summed E-state index contributed by atoms with van der Waals surface area (Å²) in [5, 5.41) is 28.5. The van der Waals surface area contributed by atoms with E-state index in [1.165, 1.54) is 0 Å². The number of hydrogen-bond donors (Lipinski definition) is 2. The number of hydrogen-bond acceptors (Lipinski definition) is 5. The molecule has 0 saturated carbocycles. The summed E-state index contributed by atoms with van der Waals surface area (Å²) < 4.78 is 3.86. The van der Waals surface area contributed by atoms with E-state index in [2.05, 4.69) is 0 Å². The van der Waals surface area contributed by atoms with Crippen molar-refractivity contribution in [2.75, 3.05) is 0 Å². The minimum absolute atomic E-state index is 0. The summed E-state index contributed by atoms with van der Waals surface area (Å²) in [7, 11) is 0. The Labute approximate surface area is 264 Å².